The lowest BCUT2D eigenvalue weighted by molar-refractivity contribution is -0.183. The summed E-state index contributed by atoms with van der Waals surface area (Å²) in [5, 5.41) is 9.31. The van der Waals surface area contributed by atoms with Gasteiger partial charge in [0.25, 0.3) is 0 Å². The van der Waals surface area contributed by atoms with E-state index in [0.29, 0.717) is 61.2 Å². The summed E-state index contributed by atoms with van der Waals surface area (Å²) in [6.45, 7) is 4.48. The second-order valence-electron chi connectivity index (χ2n) is 10.3. The van der Waals surface area contributed by atoms with Gasteiger partial charge in [-0.05, 0) is 36.2 Å². The number of benzene rings is 1. The number of pyridine rings is 2. The fourth-order valence-electron chi connectivity index (χ4n) is 5.00. The third-order valence-corrected chi connectivity index (χ3v) is 7.05. The minimum absolute atomic E-state index is 0.0107. The van der Waals surface area contributed by atoms with E-state index in [1.54, 1.807) is 16.5 Å². The molecule has 8 nitrogen and oxygen atoms in total. The number of likely N-dealkylation sites (tertiary alicyclic amines) is 1. The van der Waals surface area contributed by atoms with E-state index in [1.807, 2.05) is 24.3 Å². The molecule has 5 heterocycles. The summed E-state index contributed by atoms with van der Waals surface area (Å²) in [5.41, 5.74) is 7.66. The van der Waals surface area contributed by atoms with Crippen LogP contribution in [0.5, 0.6) is 5.75 Å². The molecule has 2 saturated heterocycles. The molecule has 2 atom stereocenters. The zero-order chi connectivity index (χ0) is 25.8. The molecule has 0 spiro atoms. The van der Waals surface area contributed by atoms with Gasteiger partial charge in [0.05, 0.1) is 25.3 Å². The van der Waals surface area contributed by atoms with Crippen molar-refractivity contribution in [2.45, 2.75) is 31.6 Å². The van der Waals surface area contributed by atoms with Crippen molar-refractivity contribution in [1.82, 2.24) is 24.5 Å². The molecule has 0 bridgehead atoms. The van der Waals surface area contributed by atoms with Crippen molar-refractivity contribution < 1.29 is 22.6 Å². The van der Waals surface area contributed by atoms with E-state index < -0.39 is 12.2 Å². The van der Waals surface area contributed by atoms with E-state index in [2.05, 4.69) is 17.1 Å². The highest BCUT2D eigenvalue weighted by Crippen LogP contribution is 2.39. The number of nitrogens with two attached hydrogens (primary N) is 1. The number of rotatable bonds is 6. The first-order valence-corrected chi connectivity index (χ1v) is 12.2. The third-order valence-electron chi connectivity index (χ3n) is 7.05. The van der Waals surface area contributed by atoms with Gasteiger partial charge in [-0.15, -0.1) is 10.2 Å². The quantitative estimate of drug-likeness (QED) is 0.418. The molecule has 3 aromatic heterocycles. The van der Waals surface area contributed by atoms with Crippen molar-refractivity contribution >= 4 is 16.6 Å². The van der Waals surface area contributed by atoms with Gasteiger partial charge in [-0.25, -0.2) is 4.98 Å². The summed E-state index contributed by atoms with van der Waals surface area (Å²) in [5.74, 6) is 1.05. The number of hydrogen-bond acceptors (Lipinski definition) is 7. The van der Waals surface area contributed by atoms with Crippen molar-refractivity contribution in [1.29, 1.82) is 0 Å². The highest BCUT2D eigenvalue weighted by molar-refractivity contribution is 5.82. The van der Waals surface area contributed by atoms with Crippen LogP contribution in [0.4, 0.5) is 13.2 Å². The van der Waals surface area contributed by atoms with E-state index in [0.717, 1.165) is 5.39 Å². The molecule has 2 aliphatic heterocycles. The molecule has 2 aliphatic rings. The van der Waals surface area contributed by atoms with Crippen molar-refractivity contribution in [3.63, 3.8) is 0 Å². The largest absolute Gasteiger partial charge is 0.493 e. The molecule has 4 aromatic rings. The normalized spacial score (nSPS) is 20.8. The molecule has 194 valence electrons. The van der Waals surface area contributed by atoms with Gasteiger partial charge < -0.3 is 15.2 Å². The van der Waals surface area contributed by atoms with Crippen LogP contribution in [0.25, 0.3) is 28.1 Å². The molecule has 1 aromatic carbocycles. The Bertz CT molecular complexity index is 1450. The predicted octanol–water partition coefficient (Wildman–Crippen LogP) is 4.00. The Morgan fingerprint density at radius 1 is 1.16 bits per heavy atom. The first-order valence-electron chi connectivity index (χ1n) is 12.2. The Morgan fingerprint density at radius 2 is 1.97 bits per heavy atom. The van der Waals surface area contributed by atoms with E-state index in [4.69, 9.17) is 20.2 Å². The van der Waals surface area contributed by atoms with Gasteiger partial charge in [-0.1, -0.05) is 19.1 Å². The first kappa shape index (κ1) is 24.1. The molecular weight excluding hydrogens is 485 g/mol. The van der Waals surface area contributed by atoms with Crippen LogP contribution >= 0.6 is 0 Å². The molecule has 2 N–H and O–H groups in total. The summed E-state index contributed by atoms with van der Waals surface area (Å²) in [6.07, 6.45) is -2.46. The lowest BCUT2D eigenvalue weighted by Crippen LogP contribution is -2.44. The van der Waals surface area contributed by atoms with E-state index in [1.165, 1.54) is 17.2 Å². The van der Waals surface area contributed by atoms with Gasteiger partial charge in [-0.3, -0.25) is 9.30 Å². The van der Waals surface area contributed by atoms with Crippen molar-refractivity contribution in [3.05, 3.63) is 54.2 Å². The summed E-state index contributed by atoms with van der Waals surface area (Å²) in [7, 11) is 0. The zero-order valence-corrected chi connectivity index (χ0v) is 20.3. The molecule has 37 heavy (non-hydrogen) atoms. The lowest BCUT2D eigenvalue weighted by Gasteiger charge is -2.37. The average molecular weight is 513 g/mol. The second-order valence-corrected chi connectivity index (χ2v) is 10.3. The molecular formula is C26H27F3N6O2. The first-order chi connectivity index (χ1) is 17.7. The van der Waals surface area contributed by atoms with Crippen LogP contribution in [-0.2, 0) is 4.74 Å². The molecule has 1 unspecified atom stereocenters. The fraction of sp³-hybridized carbons (Fsp3) is 0.423. The zero-order valence-electron chi connectivity index (χ0n) is 20.3. The fourth-order valence-corrected chi connectivity index (χ4v) is 5.00. The maximum Gasteiger partial charge on any atom is 0.408 e. The lowest BCUT2D eigenvalue weighted by atomic mass is 9.90. The monoisotopic (exact) mass is 512 g/mol. The minimum atomic E-state index is -4.45. The highest BCUT2D eigenvalue weighted by atomic mass is 19.4. The van der Waals surface area contributed by atoms with Crippen LogP contribution in [0.15, 0.2) is 48.7 Å². The number of hydrogen-bond donors (Lipinski definition) is 1. The Balaban J connectivity index is 1.34. The third kappa shape index (κ3) is 4.62. The second kappa shape index (κ2) is 8.93. The highest BCUT2D eigenvalue weighted by Gasteiger charge is 2.46. The Morgan fingerprint density at radius 3 is 2.68 bits per heavy atom. The van der Waals surface area contributed by atoms with Gasteiger partial charge in [0, 0.05) is 42.2 Å². The minimum Gasteiger partial charge on any atom is -0.493 e. The van der Waals surface area contributed by atoms with Gasteiger partial charge in [0.15, 0.2) is 11.5 Å². The van der Waals surface area contributed by atoms with Crippen LogP contribution in [0, 0.1) is 5.41 Å². The van der Waals surface area contributed by atoms with Crippen LogP contribution in [0.3, 0.4) is 0 Å². The van der Waals surface area contributed by atoms with Crippen molar-refractivity contribution in [3.8, 4) is 17.3 Å². The number of alkyl halides is 3. The maximum atomic E-state index is 14.2. The SMILES string of the molecule is CC1(COc2ccc3ccc(-c4nnc5ccc([C@@H](N6CCC(N)C6)C(F)(F)F)cn45)nc3c2)COC1. The number of halogens is 3. The number of aromatic nitrogens is 4. The summed E-state index contributed by atoms with van der Waals surface area (Å²) in [4.78, 5) is 6.13. The summed E-state index contributed by atoms with van der Waals surface area (Å²) >= 11 is 0. The average Bonchev–Trinajstić information content (AvgIpc) is 3.46. The summed E-state index contributed by atoms with van der Waals surface area (Å²) in [6, 6.07) is 10.4. The van der Waals surface area contributed by atoms with Crippen molar-refractivity contribution in [2.24, 2.45) is 11.1 Å². The van der Waals surface area contributed by atoms with E-state index >= 15 is 0 Å². The van der Waals surface area contributed by atoms with Gasteiger partial charge >= 0.3 is 6.18 Å². The van der Waals surface area contributed by atoms with Gasteiger partial charge in [0.2, 0.25) is 0 Å². The Kier molecular flexibility index (Phi) is 5.81. The van der Waals surface area contributed by atoms with Crippen LogP contribution < -0.4 is 10.5 Å². The van der Waals surface area contributed by atoms with E-state index in [-0.39, 0.29) is 23.6 Å². The number of fused-ring (bicyclic) bond motifs is 2. The Labute approximate surface area is 211 Å². The molecule has 2 fully saturated rings. The van der Waals surface area contributed by atoms with Crippen LogP contribution in [0.2, 0.25) is 0 Å². The van der Waals surface area contributed by atoms with Crippen LogP contribution in [0.1, 0.15) is 24.9 Å². The molecule has 6 rings (SSSR count). The van der Waals surface area contributed by atoms with E-state index in [9.17, 15) is 13.2 Å². The summed E-state index contributed by atoms with van der Waals surface area (Å²) < 4.78 is 55.3. The van der Waals surface area contributed by atoms with Gasteiger partial charge in [0.1, 0.15) is 17.5 Å². The standard InChI is InChI=1S/C26H27F3N6O2/c1-25(13-36-14-25)15-37-19-5-2-16-3-6-20(31-21(16)10-19)24-33-32-22-7-4-17(11-35(22)24)23(26(27,28)29)34-9-8-18(30)12-34/h2-7,10-11,18,23H,8-9,12-15,30H2,1H3/t18?,23-/m1/s1. The van der Waals surface area contributed by atoms with Crippen LogP contribution in [-0.4, -0.2) is 69.6 Å². The smallest absolute Gasteiger partial charge is 0.408 e. The van der Waals surface area contributed by atoms with Crippen molar-refractivity contribution in [2.75, 3.05) is 32.9 Å². The molecule has 0 radical (unpaired) electrons. The molecule has 0 saturated carbocycles. The number of nitrogens with zero attached hydrogens (tertiary/aromatic N) is 5. The molecule has 11 heteroatoms. The molecule has 0 amide bonds. The topological polar surface area (TPSA) is 90.8 Å². The molecule has 0 aliphatic carbocycles. The van der Waals surface area contributed by atoms with Gasteiger partial charge in [-0.2, -0.15) is 13.2 Å². The predicted molar refractivity (Wildman–Crippen MR) is 131 cm³/mol. The Hall–Kier alpha value is -3.28. The number of ether oxygens (including phenoxy) is 2. The maximum absolute atomic E-state index is 14.2.